The lowest BCUT2D eigenvalue weighted by atomic mass is 9.90. The van der Waals surface area contributed by atoms with Crippen LogP contribution in [0.15, 0.2) is 30.7 Å². The first-order chi connectivity index (χ1) is 14.6. The highest BCUT2D eigenvalue weighted by atomic mass is 16.5. The first-order valence-electron chi connectivity index (χ1n) is 10.8. The van der Waals surface area contributed by atoms with Gasteiger partial charge in [-0.15, -0.1) is 0 Å². The van der Waals surface area contributed by atoms with Crippen LogP contribution in [-0.4, -0.2) is 32.3 Å². The number of hydrogen-bond acceptors (Lipinski definition) is 5. The highest BCUT2D eigenvalue weighted by Gasteiger charge is 2.26. The fourth-order valence-electron chi connectivity index (χ4n) is 4.38. The molecule has 1 aliphatic carbocycles. The van der Waals surface area contributed by atoms with Crippen molar-refractivity contribution in [2.45, 2.75) is 58.9 Å². The van der Waals surface area contributed by atoms with E-state index >= 15 is 0 Å². The molecule has 0 aromatic carbocycles. The smallest absolute Gasteiger partial charge is 0.330 e. The summed E-state index contributed by atoms with van der Waals surface area (Å²) in [5, 5.41) is 5.55. The maximum atomic E-state index is 12.1. The number of aromatic nitrogens is 4. The van der Waals surface area contributed by atoms with Crippen molar-refractivity contribution < 1.29 is 9.53 Å². The number of rotatable bonds is 6. The lowest BCUT2D eigenvalue weighted by molar-refractivity contribution is -0.137. The normalized spacial score (nSPS) is 14.8. The Morgan fingerprint density at radius 1 is 1.23 bits per heavy atom. The van der Waals surface area contributed by atoms with E-state index in [-0.39, 0.29) is 5.97 Å². The summed E-state index contributed by atoms with van der Waals surface area (Å²) in [6, 6.07) is 2.13. The van der Waals surface area contributed by atoms with Gasteiger partial charge in [0.25, 0.3) is 0 Å². The van der Waals surface area contributed by atoms with Gasteiger partial charge >= 0.3 is 5.97 Å². The molecule has 1 fully saturated rings. The average molecular weight is 405 g/mol. The third-order valence-electron chi connectivity index (χ3n) is 5.73. The van der Waals surface area contributed by atoms with Crippen molar-refractivity contribution in [3.05, 3.63) is 47.6 Å². The lowest BCUT2D eigenvalue weighted by Gasteiger charge is -2.18. The lowest BCUT2D eigenvalue weighted by Crippen LogP contribution is -2.07. The number of aryl methyl sites for hydroxylation is 2. The van der Waals surface area contributed by atoms with E-state index in [2.05, 4.69) is 23.1 Å². The quantitative estimate of drug-likeness (QED) is 0.424. The van der Waals surface area contributed by atoms with Gasteiger partial charge in [0.1, 0.15) is 0 Å². The molecule has 6 nitrogen and oxygen atoms in total. The molecule has 0 radical (unpaired) electrons. The van der Waals surface area contributed by atoms with Crippen molar-refractivity contribution >= 4 is 23.1 Å². The fraction of sp³-hybridized carbons (Fsp3) is 0.417. The number of carbonyl (C=O) groups is 1. The molecule has 156 valence electrons. The molecule has 3 aromatic rings. The van der Waals surface area contributed by atoms with Crippen molar-refractivity contribution in [2.75, 3.05) is 6.61 Å². The molecule has 0 aliphatic heterocycles. The molecule has 30 heavy (non-hydrogen) atoms. The van der Waals surface area contributed by atoms with Crippen LogP contribution in [0.1, 0.15) is 62.3 Å². The average Bonchev–Trinajstić information content (AvgIpc) is 3.41. The minimum Gasteiger partial charge on any atom is -0.463 e. The number of ether oxygens (including phenoxy) is 1. The highest BCUT2D eigenvalue weighted by Crippen LogP contribution is 2.41. The van der Waals surface area contributed by atoms with Gasteiger partial charge in [-0.3, -0.25) is 4.98 Å². The molecule has 1 saturated carbocycles. The van der Waals surface area contributed by atoms with Crippen molar-refractivity contribution in [2.24, 2.45) is 0 Å². The molecular weight excluding hydrogens is 376 g/mol. The van der Waals surface area contributed by atoms with Crippen LogP contribution in [0.5, 0.6) is 0 Å². The van der Waals surface area contributed by atoms with Crippen LogP contribution in [-0.2, 0) is 16.1 Å². The molecule has 3 heterocycles. The van der Waals surface area contributed by atoms with E-state index in [9.17, 15) is 4.79 Å². The van der Waals surface area contributed by atoms with Gasteiger partial charge in [0.15, 0.2) is 5.65 Å². The van der Waals surface area contributed by atoms with Crippen molar-refractivity contribution in [3.63, 3.8) is 0 Å². The Bertz CT molecular complexity index is 1090. The van der Waals surface area contributed by atoms with Gasteiger partial charge in [0.05, 0.1) is 18.5 Å². The second-order valence-corrected chi connectivity index (χ2v) is 7.80. The van der Waals surface area contributed by atoms with Crippen LogP contribution in [0.3, 0.4) is 0 Å². The zero-order valence-electron chi connectivity index (χ0n) is 17.9. The number of esters is 1. The largest absolute Gasteiger partial charge is 0.463 e. The Hall–Kier alpha value is -3.02. The summed E-state index contributed by atoms with van der Waals surface area (Å²) in [4.78, 5) is 21.6. The summed E-state index contributed by atoms with van der Waals surface area (Å²) >= 11 is 0. The van der Waals surface area contributed by atoms with Gasteiger partial charge in [-0.1, -0.05) is 12.8 Å². The number of hydrogen-bond donors (Lipinski definition) is 0. The van der Waals surface area contributed by atoms with Crippen LogP contribution in [0, 0.1) is 6.92 Å². The Balaban J connectivity index is 2.01. The minimum absolute atomic E-state index is 0.340. The molecule has 0 saturated heterocycles. The van der Waals surface area contributed by atoms with Crippen LogP contribution in [0.25, 0.3) is 28.2 Å². The van der Waals surface area contributed by atoms with E-state index in [0.717, 1.165) is 58.4 Å². The Morgan fingerprint density at radius 2 is 2.03 bits per heavy atom. The van der Waals surface area contributed by atoms with Gasteiger partial charge in [-0.25, -0.2) is 14.5 Å². The zero-order valence-corrected chi connectivity index (χ0v) is 17.9. The fourth-order valence-corrected chi connectivity index (χ4v) is 4.38. The number of pyridine rings is 2. The van der Waals surface area contributed by atoms with E-state index in [0.29, 0.717) is 12.5 Å². The summed E-state index contributed by atoms with van der Waals surface area (Å²) in [5.41, 5.74) is 6.06. The van der Waals surface area contributed by atoms with Crippen molar-refractivity contribution in [1.82, 2.24) is 19.7 Å². The van der Waals surface area contributed by atoms with Crippen LogP contribution in [0.4, 0.5) is 0 Å². The van der Waals surface area contributed by atoms with Gasteiger partial charge in [0.2, 0.25) is 0 Å². The van der Waals surface area contributed by atoms with E-state index < -0.39 is 0 Å². The topological polar surface area (TPSA) is 69.9 Å². The zero-order chi connectivity index (χ0) is 21.1. The molecular formula is C24H28N4O2. The number of fused-ring (bicyclic) bond motifs is 1. The maximum absolute atomic E-state index is 12.1. The van der Waals surface area contributed by atoms with Crippen LogP contribution >= 0.6 is 0 Å². The summed E-state index contributed by atoms with van der Waals surface area (Å²) in [7, 11) is 0. The van der Waals surface area contributed by atoms with Crippen LogP contribution < -0.4 is 0 Å². The predicted molar refractivity (Wildman–Crippen MR) is 118 cm³/mol. The minimum atomic E-state index is -0.340. The SMILES string of the molecule is CCOC(=O)C=Cc1c(C2CCCC2)nc2c(cnn2CC)c1-c1cncc(C)c1. The molecule has 0 spiro atoms. The summed E-state index contributed by atoms with van der Waals surface area (Å²) in [5.74, 6) is 0.0421. The second-order valence-electron chi connectivity index (χ2n) is 7.80. The molecule has 1 aliphatic rings. The third kappa shape index (κ3) is 3.86. The molecule has 0 N–H and O–H groups in total. The van der Waals surface area contributed by atoms with Gasteiger partial charge < -0.3 is 4.74 Å². The van der Waals surface area contributed by atoms with E-state index in [1.54, 1.807) is 0 Å². The molecule has 0 atom stereocenters. The monoisotopic (exact) mass is 404 g/mol. The Morgan fingerprint density at radius 3 is 2.73 bits per heavy atom. The maximum Gasteiger partial charge on any atom is 0.330 e. The Labute approximate surface area is 177 Å². The first kappa shape index (κ1) is 20.3. The van der Waals surface area contributed by atoms with Gasteiger partial charge in [-0.05, 0) is 51.3 Å². The molecule has 0 unspecified atom stereocenters. The second kappa shape index (κ2) is 8.78. The van der Waals surface area contributed by atoms with Gasteiger partial charge in [0, 0.05) is 53.0 Å². The third-order valence-corrected chi connectivity index (χ3v) is 5.73. The van der Waals surface area contributed by atoms with E-state index in [1.165, 1.54) is 18.9 Å². The molecule has 4 rings (SSSR count). The number of nitrogens with zero attached hydrogens (tertiary/aromatic N) is 4. The van der Waals surface area contributed by atoms with Crippen molar-refractivity contribution in [3.8, 4) is 11.1 Å². The first-order valence-corrected chi connectivity index (χ1v) is 10.8. The molecule has 0 amide bonds. The summed E-state index contributed by atoms with van der Waals surface area (Å²) < 4.78 is 7.07. The van der Waals surface area contributed by atoms with E-state index in [4.69, 9.17) is 9.72 Å². The summed E-state index contributed by atoms with van der Waals surface area (Å²) in [6.07, 6.45) is 13.6. The Kier molecular flexibility index (Phi) is 5.93. The van der Waals surface area contributed by atoms with E-state index in [1.807, 2.05) is 43.2 Å². The van der Waals surface area contributed by atoms with Crippen LogP contribution in [0.2, 0.25) is 0 Å². The summed E-state index contributed by atoms with van der Waals surface area (Å²) in [6.45, 7) is 7.03. The van der Waals surface area contributed by atoms with Crippen molar-refractivity contribution in [1.29, 1.82) is 0 Å². The predicted octanol–water partition coefficient (Wildman–Crippen LogP) is 5.06. The molecule has 6 heteroatoms. The van der Waals surface area contributed by atoms with Gasteiger partial charge in [-0.2, -0.15) is 5.10 Å². The molecule has 3 aromatic heterocycles. The molecule has 0 bridgehead atoms. The standard InChI is InChI=1S/C24H28N4O2/c1-4-28-24-20(15-26-28)22(18-12-16(3)13-25-14-18)19(10-11-21(29)30-5-2)23(27-24)17-8-6-7-9-17/h10-15,17H,4-9H2,1-3H3. The number of carbonyl (C=O) groups excluding carboxylic acids is 1. The highest BCUT2D eigenvalue weighted by molar-refractivity contribution is 5.99.